The van der Waals surface area contributed by atoms with Gasteiger partial charge in [0, 0.05) is 20.0 Å². The number of hydrogen-bond acceptors (Lipinski definition) is 2. The largest absolute Gasteiger partial charge is 0.378 e. The first-order valence-electron chi connectivity index (χ1n) is 6.80. The van der Waals surface area contributed by atoms with E-state index in [0.29, 0.717) is 12.8 Å². The Kier molecular flexibility index (Phi) is 4.92. The molecule has 2 heteroatoms. The van der Waals surface area contributed by atoms with Crippen molar-refractivity contribution in [3.63, 3.8) is 0 Å². The molecule has 0 heterocycles. The molecule has 0 radical (unpaired) electrons. The molecule has 0 N–H and O–H groups in total. The summed E-state index contributed by atoms with van der Waals surface area (Å²) in [5.41, 5.74) is 2.15. The molecule has 0 bridgehead atoms. The van der Waals surface area contributed by atoms with Gasteiger partial charge in [-0.25, -0.2) is 0 Å². The second kappa shape index (κ2) is 5.87. The Hall–Kier alpha value is -1.15. The average molecular weight is 262 g/mol. The van der Waals surface area contributed by atoms with Crippen LogP contribution in [-0.4, -0.2) is 18.5 Å². The molecule has 0 spiro atoms. The highest BCUT2D eigenvalue weighted by Crippen LogP contribution is 2.22. The number of rotatable bonds is 5. The highest BCUT2D eigenvalue weighted by Gasteiger charge is 2.21. The Morgan fingerprint density at radius 2 is 1.58 bits per heavy atom. The number of benzene rings is 1. The molecule has 106 valence electrons. The van der Waals surface area contributed by atoms with Gasteiger partial charge in [0.15, 0.2) is 0 Å². The molecule has 1 aromatic rings. The maximum absolute atomic E-state index is 12.0. The summed E-state index contributed by atoms with van der Waals surface area (Å²) in [5.74, 6) is 0.218. The van der Waals surface area contributed by atoms with E-state index in [1.807, 2.05) is 13.8 Å². The van der Waals surface area contributed by atoms with Gasteiger partial charge in [-0.3, -0.25) is 4.79 Å². The molecule has 1 rings (SSSR count). The fourth-order valence-electron chi connectivity index (χ4n) is 1.96. The number of carbonyl (C=O) groups is 1. The quantitative estimate of drug-likeness (QED) is 0.804. The van der Waals surface area contributed by atoms with Gasteiger partial charge in [0.1, 0.15) is 5.78 Å². The van der Waals surface area contributed by atoms with E-state index in [4.69, 9.17) is 4.74 Å². The second-order valence-electron chi connectivity index (χ2n) is 6.80. The Balaban J connectivity index is 2.66. The molecule has 0 fully saturated rings. The van der Waals surface area contributed by atoms with E-state index in [1.165, 1.54) is 5.56 Å². The van der Waals surface area contributed by atoms with Crippen molar-refractivity contribution in [1.29, 1.82) is 0 Å². The van der Waals surface area contributed by atoms with Crippen LogP contribution in [0.5, 0.6) is 0 Å². The van der Waals surface area contributed by atoms with Crippen molar-refractivity contribution in [1.82, 2.24) is 0 Å². The Morgan fingerprint density at radius 1 is 1.05 bits per heavy atom. The predicted molar refractivity (Wildman–Crippen MR) is 79.6 cm³/mol. The van der Waals surface area contributed by atoms with Gasteiger partial charge in [0.05, 0.1) is 5.60 Å². The van der Waals surface area contributed by atoms with E-state index >= 15 is 0 Å². The third-order valence-electron chi connectivity index (χ3n) is 3.40. The number of ether oxygens (including phenoxy) is 1. The highest BCUT2D eigenvalue weighted by atomic mass is 16.5. The number of Topliss-reactive ketones (excluding diaryl/α,β-unsaturated/α-hetero) is 1. The monoisotopic (exact) mass is 262 g/mol. The second-order valence-corrected chi connectivity index (χ2v) is 6.80. The van der Waals surface area contributed by atoms with Crippen LogP contribution in [0, 0.1) is 0 Å². The summed E-state index contributed by atoms with van der Waals surface area (Å²) >= 11 is 0. The molecular formula is C17H26O2. The van der Waals surface area contributed by atoms with Crippen LogP contribution in [0.4, 0.5) is 0 Å². The third-order valence-corrected chi connectivity index (χ3v) is 3.40. The Labute approximate surface area is 117 Å². The first-order chi connectivity index (χ1) is 8.64. The SMILES string of the molecule is COC(C)(C)CC(=O)Cc1ccc(C(C)(C)C)cc1. The van der Waals surface area contributed by atoms with Crippen LogP contribution in [0.1, 0.15) is 52.2 Å². The van der Waals surface area contributed by atoms with E-state index in [1.54, 1.807) is 7.11 Å². The van der Waals surface area contributed by atoms with Gasteiger partial charge in [0.25, 0.3) is 0 Å². The number of methoxy groups -OCH3 is 1. The Morgan fingerprint density at radius 3 is 2.00 bits per heavy atom. The minimum atomic E-state index is -0.373. The molecule has 19 heavy (non-hydrogen) atoms. The van der Waals surface area contributed by atoms with Crippen molar-refractivity contribution >= 4 is 5.78 Å². The summed E-state index contributed by atoms with van der Waals surface area (Å²) in [6.45, 7) is 10.4. The topological polar surface area (TPSA) is 26.3 Å². The minimum absolute atomic E-state index is 0.153. The maximum Gasteiger partial charge on any atom is 0.140 e. The van der Waals surface area contributed by atoms with Gasteiger partial charge in [0.2, 0.25) is 0 Å². The molecule has 0 saturated heterocycles. The number of hydrogen-bond donors (Lipinski definition) is 0. The smallest absolute Gasteiger partial charge is 0.140 e. The molecule has 0 unspecified atom stereocenters. The highest BCUT2D eigenvalue weighted by molar-refractivity contribution is 5.81. The molecule has 0 aliphatic heterocycles. The molecule has 0 aliphatic carbocycles. The summed E-state index contributed by atoms with van der Waals surface area (Å²) < 4.78 is 5.29. The van der Waals surface area contributed by atoms with Gasteiger partial charge in [-0.15, -0.1) is 0 Å². The normalized spacial score (nSPS) is 12.5. The summed E-state index contributed by atoms with van der Waals surface area (Å²) in [6.07, 6.45) is 0.932. The van der Waals surface area contributed by atoms with Gasteiger partial charge < -0.3 is 4.74 Å². The van der Waals surface area contributed by atoms with Crippen molar-refractivity contribution < 1.29 is 9.53 Å². The van der Waals surface area contributed by atoms with Crippen LogP contribution >= 0.6 is 0 Å². The first-order valence-corrected chi connectivity index (χ1v) is 6.80. The van der Waals surface area contributed by atoms with E-state index < -0.39 is 0 Å². The Bertz CT molecular complexity index is 422. The first kappa shape index (κ1) is 15.9. The van der Waals surface area contributed by atoms with Crippen molar-refractivity contribution in [2.75, 3.05) is 7.11 Å². The summed E-state index contributed by atoms with van der Waals surface area (Å²) in [6, 6.07) is 8.34. The molecule has 1 aromatic carbocycles. The predicted octanol–water partition coefficient (Wildman–Crippen LogP) is 3.91. The van der Waals surface area contributed by atoms with E-state index in [9.17, 15) is 4.79 Å². The zero-order chi connectivity index (χ0) is 14.7. The molecular weight excluding hydrogens is 236 g/mol. The number of carbonyl (C=O) groups excluding carboxylic acids is 1. The molecule has 0 aliphatic rings. The van der Waals surface area contributed by atoms with Crippen LogP contribution in [-0.2, 0) is 21.4 Å². The zero-order valence-corrected chi connectivity index (χ0v) is 13.0. The minimum Gasteiger partial charge on any atom is -0.378 e. The summed E-state index contributed by atoms with van der Waals surface area (Å²) in [5, 5.41) is 0. The molecule has 2 nitrogen and oxygen atoms in total. The molecule has 0 saturated carbocycles. The van der Waals surface area contributed by atoms with Crippen LogP contribution in [0.15, 0.2) is 24.3 Å². The lowest BCUT2D eigenvalue weighted by Crippen LogP contribution is -2.27. The van der Waals surface area contributed by atoms with Crippen molar-refractivity contribution in [2.45, 2.75) is 58.5 Å². The molecule has 0 aromatic heterocycles. The standard InChI is InChI=1S/C17H26O2/c1-16(2,3)14-9-7-13(8-10-14)11-15(18)12-17(4,5)19-6/h7-10H,11-12H2,1-6H3. The van der Waals surface area contributed by atoms with Crippen LogP contribution in [0.3, 0.4) is 0 Å². The van der Waals surface area contributed by atoms with Crippen molar-refractivity contribution in [3.05, 3.63) is 35.4 Å². The van der Waals surface area contributed by atoms with Crippen LogP contribution in [0.25, 0.3) is 0 Å². The fourth-order valence-corrected chi connectivity index (χ4v) is 1.96. The van der Waals surface area contributed by atoms with E-state index in [0.717, 1.165) is 5.56 Å². The summed E-state index contributed by atoms with van der Waals surface area (Å²) in [4.78, 5) is 12.0. The van der Waals surface area contributed by atoms with E-state index in [2.05, 4.69) is 45.0 Å². The van der Waals surface area contributed by atoms with Gasteiger partial charge in [-0.1, -0.05) is 45.0 Å². The van der Waals surface area contributed by atoms with Gasteiger partial charge in [-0.05, 0) is 30.4 Å². The zero-order valence-electron chi connectivity index (χ0n) is 13.0. The molecule has 0 atom stereocenters. The average Bonchev–Trinajstić information content (AvgIpc) is 2.27. The summed E-state index contributed by atoms with van der Waals surface area (Å²) in [7, 11) is 1.64. The molecule has 0 amide bonds. The number of ketones is 1. The maximum atomic E-state index is 12.0. The lowest BCUT2D eigenvalue weighted by molar-refractivity contribution is -0.123. The van der Waals surface area contributed by atoms with Gasteiger partial charge in [-0.2, -0.15) is 0 Å². The van der Waals surface area contributed by atoms with E-state index in [-0.39, 0.29) is 16.8 Å². The lowest BCUT2D eigenvalue weighted by Gasteiger charge is -2.22. The van der Waals surface area contributed by atoms with Crippen LogP contribution < -0.4 is 0 Å². The van der Waals surface area contributed by atoms with Crippen molar-refractivity contribution in [3.8, 4) is 0 Å². The van der Waals surface area contributed by atoms with Crippen LogP contribution in [0.2, 0.25) is 0 Å². The fraction of sp³-hybridized carbons (Fsp3) is 0.588. The van der Waals surface area contributed by atoms with Crippen molar-refractivity contribution in [2.24, 2.45) is 0 Å². The third kappa shape index (κ3) is 5.15. The lowest BCUT2D eigenvalue weighted by atomic mass is 9.86. The van der Waals surface area contributed by atoms with Gasteiger partial charge >= 0.3 is 0 Å².